The largest absolute Gasteiger partial charge is 0.372 e. The first-order valence-electron chi connectivity index (χ1n) is 12.5. The van der Waals surface area contributed by atoms with Crippen molar-refractivity contribution in [2.75, 3.05) is 26.2 Å². The van der Waals surface area contributed by atoms with Crippen molar-refractivity contribution >= 4 is 39.1 Å². The fourth-order valence-corrected chi connectivity index (χ4v) is 5.23. The first-order chi connectivity index (χ1) is 16.9. The molecule has 1 aliphatic rings. The Labute approximate surface area is 213 Å². The van der Waals surface area contributed by atoms with Crippen LogP contribution in [0.3, 0.4) is 0 Å². The lowest BCUT2D eigenvalue weighted by Crippen LogP contribution is -2.44. The maximum absolute atomic E-state index is 6.71. The molecule has 180 valence electrons. The molecule has 2 aromatic heterocycles. The second-order valence-corrected chi connectivity index (χ2v) is 9.92. The SMILES string of the molecule is C=C(CCCC)N1CCN(C(=C)c2ccc3c(Cl)cc(-c4ccc5c(ccn5C)c4)nc3c2)CC1. The number of benzene rings is 2. The van der Waals surface area contributed by atoms with Gasteiger partial charge in [0.25, 0.3) is 0 Å². The summed E-state index contributed by atoms with van der Waals surface area (Å²) in [6.07, 6.45) is 5.58. The van der Waals surface area contributed by atoms with Gasteiger partial charge >= 0.3 is 0 Å². The lowest BCUT2D eigenvalue weighted by Gasteiger charge is -2.39. The van der Waals surface area contributed by atoms with Crippen LogP contribution in [0, 0.1) is 0 Å². The lowest BCUT2D eigenvalue weighted by atomic mass is 10.0. The molecule has 1 aliphatic heterocycles. The summed E-state index contributed by atoms with van der Waals surface area (Å²) in [7, 11) is 2.06. The highest BCUT2D eigenvalue weighted by molar-refractivity contribution is 6.35. The molecule has 2 aromatic carbocycles. The Morgan fingerprint density at radius 3 is 2.51 bits per heavy atom. The summed E-state index contributed by atoms with van der Waals surface area (Å²) in [5.74, 6) is 0. The number of aromatic nitrogens is 2. The number of piperazine rings is 1. The molecule has 0 bridgehead atoms. The number of allylic oxidation sites excluding steroid dienone is 1. The molecular weight excluding hydrogens is 452 g/mol. The van der Waals surface area contributed by atoms with E-state index in [1.807, 2.05) is 6.07 Å². The van der Waals surface area contributed by atoms with E-state index in [0.717, 1.165) is 71.0 Å². The molecule has 35 heavy (non-hydrogen) atoms. The van der Waals surface area contributed by atoms with Crippen molar-refractivity contribution in [3.05, 3.63) is 84.2 Å². The van der Waals surface area contributed by atoms with E-state index in [1.54, 1.807) is 0 Å². The number of nitrogens with zero attached hydrogens (tertiary/aromatic N) is 4. The third kappa shape index (κ3) is 4.68. The summed E-state index contributed by atoms with van der Waals surface area (Å²) >= 11 is 6.71. The maximum Gasteiger partial charge on any atom is 0.0731 e. The van der Waals surface area contributed by atoms with E-state index in [1.165, 1.54) is 29.4 Å². The molecule has 3 heterocycles. The number of unbranched alkanes of at least 4 members (excludes halogenated alkanes) is 1. The van der Waals surface area contributed by atoms with Gasteiger partial charge in [0.15, 0.2) is 0 Å². The number of aryl methyl sites for hydroxylation is 1. The van der Waals surface area contributed by atoms with E-state index >= 15 is 0 Å². The van der Waals surface area contributed by atoms with Gasteiger partial charge in [-0.3, -0.25) is 0 Å². The molecule has 0 aliphatic carbocycles. The molecular formula is C30H33ClN4. The molecule has 0 amide bonds. The van der Waals surface area contributed by atoms with E-state index in [4.69, 9.17) is 16.6 Å². The zero-order chi connectivity index (χ0) is 24.5. The van der Waals surface area contributed by atoms with Crippen LogP contribution in [0.4, 0.5) is 0 Å². The van der Waals surface area contributed by atoms with Crippen LogP contribution < -0.4 is 0 Å². The average Bonchev–Trinajstić information content (AvgIpc) is 3.26. The fourth-order valence-electron chi connectivity index (χ4n) is 4.97. The Kier molecular flexibility index (Phi) is 6.57. The molecule has 5 heteroatoms. The van der Waals surface area contributed by atoms with Crippen molar-refractivity contribution < 1.29 is 0 Å². The molecule has 4 aromatic rings. The maximum atomic E-state index is 6.71. The summed E-state index contributed by atoms with van der Waals surface area (Å²) in [5, 5.41) is 2.88. The van der Waals surface area contributed by atoms with Gasteiger partial charge in [0.1, 0.15) is 0 Å². The Morgan fingerprint density at radius 1 is 0.971 bits per heavy atom. The average molecular weight is 485 g/mol. The van der Waals surface area contributed by atoms with Gasteiger partial charge in [-0.2, -0.15) is 0 Å². The van der Waals surface area contributed by atoms with Gasteiger partial charge in [-0.05, 0) is 48.7 Å². The molecule has 0 radical (unpaired) electrons. The summed E-state index contributed by atoms with van der Waals surface area (Å²) in [5.41, 5.74) is 7.45. The predicted molar refractivity (Wildman–Crippen MR) is 150 cm³/mol. The molecule has 0 spiro atoms. The van der Waals surface area contributed by atoms with Crippen molar-refractivity contribution in [1.82, 2.24) is 19.4 Å². The highest BCUT2D eigenvalue weighted by Crippen LogP contribution is 2.32. The zero-order valence-corrected chi connectivity index (χ0v) is 21.5. The molecule has 0 atom stereocenters. The smallest absolute Gasteiger partial charge is 0.0731 e. The predicted octanol–water partition coefficient (Wildman–Crippen LogP) is 7.34. The summed E-state index contributed by atoms with van der Waals surface area (Å²) in [6.45, 7) is 14.9. The Bertz CT molecular complexity index is 1410. The van der Waals surface area contributed by atoms with Gasteiger partial charge in [-0.1, -0.05) is 56.3 Å². The van der Waals surface area contributed by atoms with Crippen molar-refractivity contribution in [2.45, 2.75) is 26.2 Å². The summed E-state index contributed by atoms with van der Waals surface area (Å²) in [4.78, 5) is 9.80. The molecule has 1 fully saturated rings. The van der Waals surface area contributed by atoms with Crippen molar-refractivity contribution in [3.63, 3.8) is 0 Å². The second kappa shape index (κ2) is 9.79. The van der Waals surface area contributed by atoms with Crippen molar-refractivity contribution in [3.8, 4) is 11.3 Å². The number of rotatable bonds is 7. The lowest BCUT2D eigenvalue weighted by molar-refractivity contribution is 0.209. The van der Waals surface area contributed by atoms with Crippen LogP contribution >= 0.6 is 11.6 Å². The van der Waals surface area contributed by atoms with Crippen LogP contribution in [0.15, 0.2) is 73.6 Å². The van der Waals surface area contributed by atoms with Crippen LogP contribution in [-0.4, -0.2) is 45.5 Å². The standard InChI is InChI=1S/C30H33ClN4/c1-5-6-7-21(2)34-14-16-35(17-15-34)22(3)23-8-10-26-27(31)20-28(32-29(26)19-23)24-9-11-30-25(18-24)12-13-33(30)4/h8-13,18-20H,2-3,5-7,14-17H2,1,4H3. The third-order valence-corrected chi connectivity index (χ3v) is 7.51. The normalized spacial score (nSPS) is 14.1. The van der Waals surface area contributed by atoms with Gasteiger partial charge in [0.2, 0.25) is 0 Å². The minimum atomic E-state index is 0.717. The Morgan fingerprint density at radius 2 is 1.74 bits per heavy atom. The number of hydrogen-bond acceptors (Lipinski definition) is 3. The third-order valence-electron chi connectivity index (χ3n) is 7.20. The van der Waals surface area contributed by atoms with E-state index in [9.17, 15) is 0 Å². The molecule has 1 saturated heterocycles. The van der Waals surface area contributed by atoms with Crippen LogP contribution in [0.2, 0.25) is 5.02 Å². The van der Waals surface area contributed by atoms with Crippen molar-refractivity contribution in [1.29, 1.82) is 0 Å². The van der Waals surface area contributed by atoms with E-state index < -0.39 is 0 Å². The number of fused-ring (bicyclic) bond motifs is 2. The van der Waals surface area contributed by atoms with E-state index in [-0.39, 0.29) is 0 Å². The fraction of sp³-hybridized carbons (Fsp3) is 0.300. The molecule has 0 unspecified atom stereocenters. The first-order valence-corrected chi connectivity index (χ1v) is 12.8. The number of halogens is 1. The number of hydrogen-bond donors (Lipinski definition) is 0. The summed E-state index contributed by atoms with van der Waals surface area (Å²) < 4.78 is 2.12. The van der Waals surface area contributed by atoms with Crippen LogP contribution in [0.1, 0.15) is 31.7 Å². The van der Waals surface area contributed by atoms with Gasteiger partial charge in [-0.25, -0.2) is 4.98 Å². The quantitative estimate of drug-likeness (QED) is 0.274. The highest BCUT2D eigenvalue weighted by Gasteiger charge is 2.20. The van der Waals surface area contributed by atoms with E-state index in [2.05, 4.69) is 90.2 Å². The van der Waals surface area contributed by atoms with Crippen molar-refractivity contribution in [2.24, 2.45) is 7.05 Å². The molecule has 4 nitrogen and oxygen atoms in total. The topological polar surface area (TPSA) is 24.3 Å². The summed E-state index contributed by atoms with van der Waals surface area (Å²) in [6, 6.07) is 16.8. The van der Waals surface area contributed by atoms with Gasteiger partial charge in [0, 0.05) is 72.7 Å². The minimum Gasteiger partial charge on any atom is -0.372 e. The molecule has 0 N–H and O–H groups in total. The van der Waals surface area contributed by atoms with Crippen LogP contribution in [0.25, 0.3) is 38.8 Å². The van der Waals surface area contributed by atoms with Crippen LogP contribution in [0.5, 0.6) is 0 Å². The Balaban J connectivity index is 1.38. The minimum absolute atomic E-state index is 0.717. The Hall–Kier alpha value is -3.24. The van der Waals surface area contributed by atoms with Gasteiger partial charge < -0.3 is 14.4 Å². The number of pyridine rings is 1. The first kappa shape index (κ1) is 23.5. The molecule has 5 rings (SSSR count). The van der Waals surface area contributed by atoms with Gasteiger partial charge in [0.05, 0.1) is 16.2 Å². The highest BCUT2D eigenvalue weighted by atomic mass is 35.5. The zero-order valence-electron chi connectivity index (χ0n) is 20.7. The van der Waals surface area contributed by atoms with E-state index in [0.29, 0.717) is 0 Å². The molecule has 0 saturated carbocycles. The monoisotopic (exact) mass is 484 g/mol. The van der Waals surface area contributed by atoms with Gasteiger partial charge in [-0.15, -0.1) is 0 Å². The second-order valence-electron chi connectivity index (χ2n) is 9.51. The van der Waals surface area contributed by atoms with Crippen LogP contribution in [-0.2, 0) is 7.05 Å².